The molecule has 4 rings (SSSR count). The Hall–Kier alpha value is -4.27. The van der Waals surface area contributed by atoms with Crippen LogP contribution in [0.15, 0.2) is 107 Å². The van der Waals surface area contributed by atoms with Crippen LogP contribution in [0, 0.1) is 0 Å². The molecule has 37 heavy (non-hydrogen) atoms. The molecule has 0 aromatic heterocycles. The highest BCUT2D eigenvalue weighted by atomic mass is 79.9. The van der Waals surface area contributed by atoms with E-state index in [2.05, 4.69) is 31.8 Å². The summed E-state index contributed by atoms with van der Waals surface area (Å²) in [5.41, 5.74) is 4.23. The standard InChI is InChI=1S/C28H19BrClN3O4/c29-21-12-15-25(37-28(36)19-6-2-1-3-7-19)20(16-21)17-31-33-27(35)23-8-4-5-9-24(23)32-26(34)18-10-13-22(30)14-11-18/h1-17H,(H,32,34)(H,33,35)/b31-17-. The topological polar surface area (TPSA) is 96.9 Å². The lowest BCUT2D eigenvalue weighted by atomic mass is 10.1. The maximum Gasteiger partial charge on any atom is 0.343 e. The minimum Gasteiger partial charge on any atom is -0.422 e. The van der Waals surface area contributed by atoms with Crippen molar-refractivity contribution in [2.75, 3.05) is 5.32 Å². The second-order valence-electron chi connectivity index (χ2n) is 7.64. The van der Waals surface area contributed by atoms with Gasteiger partial charge in [-0.3, -0.25) is 9.59 Å². The van der Waals surface area contributed by atoms with Crippen molar-refractivity contribution in [2.45, 2.75) is 0 Å². The number of nitrogens with one attached hydrogen (secondary N) is 2. The van der Waals surface area contributed by atoms with Crippen LogP contribution in [0.4, 0.5) is 5.69 Å². The number of hydrogen-bond acceptors (Lipinski definition) is 5. The molecule has 184 valence electrons. The quantitative estimate of drug-likeness (QED) is 0.116. The summed E-state index contributed by atoms with van der Waals surface area (Å²) in [5.74, 6) is -1.18. The third kappa shape index (κ3) is 6.91. The smallest absolute Gasteiger partial charge is 0.343 e. The number of benzene rings is 4. The maximum absolute atomic E-state index is 12.8. The van der Waals surface area contributed by atoms with E-state index in [-0.39, 0.29) is 17.2 Å². The lowest BCUT2D eigenvalue weighted by molar-refractivity contribution is 0.0733. The van der Waals surface area contributed by atoms with Crippen LogP contribution in [-0.4, -0.2) is 24.0 Å². The van der Waals surface area contributed by atoms with Gasteiger partial charge in [0.2, 0.25) is 0 Å². The van der Waals surface area contributed by atoms with Crippen LogP contribution in [0.5, 0.6) is 5.75 Å². The summed E-state index contributed by atoms with van der Waals surface area (Å²) in [6.45, 7) is 0. The Labute approximate surface area is 226 Å². The van der Waals surface area contributed by atoms with Gasteiger partial charge in [0.25, 0.3) is 11.8 Å². The molecule has 2 amide bonds. The number of amides is 2. The minimum atomic E-state index is -0.541. The van der Waals surface area contributed by atoms with Crippen molar-refractivity contribution in [3.05, 3.63) is 129 Å². The molecule has 0 aliphatic rings. The number of anilines is 1. The first kappa shape index (κ1) is 25.8. The van der Waals surface area contributed by atoms with E-state index >= 15 is 0 Å². The molecule has 7 nitrogen and oxygen atoms in total. The van der Waals surface area contributed by atoms with Crippen LogP contribution in [0.25, 0.3) is 0 Å². The van der Waals surface area contributed by atoms with Crippen molar-refractivity contribution in [3.8, 4) is 5.75 Å². The van der Waals surface area contributed by atoms with Crippen LogP contribution in [0.1, 0.15) is 36.6 Å². The SMILES string of the molecule is O=C(Nc1ccccc1C(=O)N/N=C\c1cc(Br)ccc1OC(=O)c1ccccc1)c1ccc(Cl)cc1. The van der Waals surface area contributed by atoms with Crippen molar-refractivity contribution in [1.29, 1.82) is 0 Å². The lowest BCUT2D eigenvalue weighted by Gasteiger charge is -2.10. The highest BCUT2D eigenvalue weighted by Crippen LogP contribution is 2.23. The number of ether oxygens (including phenoxy) is 1. The zero-order valence-electron chi connectivity index (χ0n) is 19.2. The first-order chi connectivity index (χ1) is 17.9. The second kappa shape index (κ2) is 12.1. The Kier molecular flexibility index (Phi) is 8.45. The summed E-state index contributed by atoms with van der Waals surface area (Å²) in [5, 5.41) is 7.27. The molecular weight excluding hydrogens is 558 g/mol. The van der Waals surface area contributed by atoms with E-state index in [4.69, 9.17) is 16.3 Å². The third-order valence-electron chi connectivity index (χ3n) is 5.08. The fourth-order valence-electron chi connectivity index (χ4n) is 3.25. The van der Waals surface area contributed by atoms with Gasteiger partial charge >= 0.3 is 5.97 Å². The van der Waals surface area contributed by atoms with Gasteiger partial charge in [-0.1, -0.05) is 57.9 Å². The van der Waals surface area contributed by atoms with E-state index in [1.54, 1.807) is 97.1 Å². The molecule has 0 aliphatic heterocycles. The fourth-order valence-corrected chi connectivity index (χ4v) is 3.76. The number of para-hydroxylation sites is 1. The van der Waals surface area contributed by atoms with Gasteiger partial charge in [0.1, 0.15) is 5.75 Å². The number of hydrogen-bond donors (Lipinski definition) is 2. The van der Waals surface area contributed by atoms with Crippen molar-refractivity contribution in [3.63, 3.8) is 0 Å². The van der Waals surface area contributed by atoms with Crippen molar-refractivity contribution in [2.24, 2.45) is 5.10 Å². The van der Waals surface area contributed by atoms with E-state index < -0.39 is 11.9 Å². The first-order valence-corrected chi connectivity index (χ1v) is 12.1. The largest absolute Gasteiger partial charge is 0.422 e. The molecule has 0 heterocycles. The Morgan fingerprint density at radius 3 is 2.27 bits per heavy atom. The predicted molar refractivity (Wildman–Crippen MR) is 146 cm³/mol. The van der Waals surface area contributed by atoms with E-state index in [0.717, 1.165) is 4.47 Å². The molecule has 4 aromatic carbocycles. The fraction of sp³-hybridized carbons (Fsp3) is 0. The van der Waals surface area contributed by atoms with E-state index in [0.29, 0.717) is 27.4 Å². The van der Waals surface area contributed by atoms with Crippen LogP contribution in [0.3, 0.4) is 0 Å². The number of esters is 1. The molecule has 0 aliphatic carbocycles. The van der Waals surface area contributed by atoms with Gasteiger partial charge in [0.15, 0.2) is 0 Å². The molecule has 2 N–H and O–H groups in total. The molecule has 0 saturated carbocycles. The molecule has 0 saturated heterocycles. The number of rotatable bonds is 7. The van der Waals surface area contributed by atoms with Crippen LogP contribution in [-0.2, 0) is 0 Å². The Bertz CT molecular complexity index is 1470. The second-order valence-corrected chi connectivity index (χ2v) is 9.00. The first-order valence-electron chi connectivity index (χ1n) is 11.0. The molecule has 0 atom stereocenters. The van der Waals surface area contributed by atoms with Crippen LogP contribution >= 0.6 is 27.5 Å². The Morgan fingerprint density at radius 2 is 1.51 bits per heavy atom. The zero-order chi connectivity index (χ0) is 26.2. The van der Waals surface area contributed by atoms with E-state index in [9.17, 15) is 14.4 Å². The summed E-state index contributed by atoms with van der Waals surface area (Å²) in [6, 6.07) is 26.6. The summed E-state index contributed by atoms with van der Waals surface area (Å²) >= 11 is 9.27. The summed E-state index contributed by atoms with van der Waals surface area (Å²) < 4.78 is 6.25. The molecule has 0 spiro atoms. The van der Waals surface area contributed by atoms with Crippen LogP contribution in [0.2, 0.25) is 5.02 Å². The Morgan fingerprint density at radius 1 is 0.811 bits per heavy atom. The summed E-state index contributed by atoms with van der Waals surface area (Å²) in [4.78, 5) is 37.9. The summed E-state index contributed by atoms with van der Waals surface area (Å²) in [7, 11) is 0. The summed E-state index contributed by atoms with van der Waals surface area (Å²) in [6.07, 6.45) is 1.37. The third-order valence-corrected chi connectivity index (χ3v) is 5.83. The molecule has 0 fully saturated rings. The van der Waals surface area contributed by atoms with E-state index in [1.165, 1.54) is 6.21 Å². The minimum absolute atomic E-state index is 0.215. The normalized spacial score (nSPS) is 10.6. The Balaban J connectivity index is 1.47. The van der Waals surface area contributed by atoms with Gasteiger partial charge in [-0.15, -0.1) is 0 Å². The van der Waals surface area contributed by atoms with Gasteiger partial charge in [0, 0.05) is 20.6 Å². The van der Waals surface area contributed by atoms with Gasteiger partial charge in [0.05, 0.1) is 23.0 Å². The average Bonchev–Trinajstić information content (AvgIpc) is 2.91. The molecule has 0 bridgehead atoms. The molecular formula is C28H19BrClN3O4. The monoisotopic (exact) mass is 575 g/mol. The maximum atomic E-state index is 12.8. The number of nitrogens with zero attached hydrogens (tertiary/aromatic N) is 1. The number of carbonyl (C=O) groups is 3. The van der Waals surface area contributed by atoms with Gasteiger partial charge in [-0.05, 0) is 66.7 Å². The van der Waals surface area contributed by atoms with E-state index in [1.807, 2.05) is 0 Å². The lowest BCUT2D eigenvalue weighted by Crippen LogP contribution is -2.21. The number of hydrazone groups is 1. The van der Waals surface area contributed by atoms with Crippen molar-refractivity contribution >= 4 is 57.2 Å². The predicted octanol–water partition coefficient (Wildman–Crippen LogP) is 6.34. The van der Waals surface area contributed by atoms with Crippen molar-refractivity contribution in [1.82, 2.24) is 5.43 Å². The molecule has 0 unspecified atom stereocenters. The highest BCUT2D eigenvalue weighted by Gasteiger charge is 2.15. The van der Waals surface area contributed by atoms with Crippen LogP contribution < -0.4 is 15.5 Å². The van der Waals surface area contributed by atoms with Gasteiger partial charge < -0.3 is 10.1 Å². The highest BCUT2D eigenvalue weighted by molar-refractivity contribution is 9.10. The zero-order valence-corrected chi connectivity index (χ0v) is 21.5. The number of carbonyl (C=O) groups excluding carboxylic acids is 3. The van der Waals surface area contributed by atoms with Gasteiger partial charge in [-0.25, -0.2) is 10.2 Å². The van der Waals surface area contributed by atoms with Crippen molar-refractivity contribution < 1.29 is 19.1 Å². The van der Waals surface area contributed by atoms with Gasteiger partial charge in [-0.2, -0.15) is 5.10 Å². The number of halogens is 2. The molecule has 0 radical (unpaired) electrons. The average molecular weight is 577 g/mol. The molecule has 9 heteroatoms. The molecule has 4 aromatic rings.